The van der Waals surface area contributed by atoms with Crippen molar-refractivity contribution < 1.29 is 14.3 Å². The van der Waals surface area contributed by atoms with Crippen molar-refractivity contribution >= 4 is 11.6 Å². The zero-order valence-corrected chi connectivity index (χ0v) is 15.4. The van der Waals surface area contributed by atoms with Crippen LogP contribution in [0.3, 0.4) is 0 Å². The van der Waals surface area contributed by atoms with Crippen LogP contribution in [-0.2, 0) is 7.05 Å². The third kappa shape index (κ3) is 2.85. The highest BCUT2D eigenvalue weighted by molar-refractivity contribution is 6.01. The average molecular weight is 376 g/mol. The minimum absolute atomic E-state index is 0.104. The van der Waals surface area contributed by atoms with Crippen LogP contribution in [0.1, 0.15) is 28.5 Å². The van der Waals surface area contributed by atoms with Crippen LogP contribution in [0.4, 0.5) is 5.69 Å². The second kappa shape index (κ2) is 6.60. The molecule has 0 radical (unpaired) electrons. The molecule has 28 heavy (non-hydrogen) atoms. The van der Waals surface area contributed by atoms with E-state index in [-0.39, 0.29) is 12.1 Å². The Hall–Kier alpha value is -3.48. The van der Waals surface area contributed by atoms with Gasteiger partial charge < -0.3 is 20.1 Å². The molecular formula is C21H20N4O3. The number of benzene rings is 2. The second-order valence-corrected chi connectivity index (χ2v) is 6.92. The van der Waals surface area contributed by atoms with Gasteiger partial charge in [0, 0.05) is 36.5 Å². The number of anilines is 1. The Balaban J connectivity index is 1.54. The Morgan fingerprint density at radius 2 is 1.89 bits per heavy atom. The lowest BCUT2D eigenvalue weighted by Gasteiger charge is -2.27. The monoisotopic (exact) mass is 376 g/mol. The molecule has 2 aliphatic rings. The number of amides is 1. The molecule has 142 valence electrons. The lowest BCUT2D eigenvalue weighted by atomic mass is 10.0. The predicted octanol–water partition coefficient (Wildman–Crippen LogP) is 3.10. The van der Waals surface area contributed by atoms with E-state index in [1.54, 1.807) is 4.68 Å². The van der Waals surface area contributed by atoms with Crippen LogP contribution in [-0.4, -0.2) is 28.9 Å². The molecule has 2 aliphatic heterocycles. The first-order valence-corrected chi connectivity index (χ1v) is 9.29. The number of carbonyl (C=O) groups is 1. The van der Waals surface area contributed by atoms with Crippen LogP contribution in [0.15, 0.2) is 48.7 Å². The fourth-order valence-electron chi connectivity index (χ4n) is 3.62. The minimum atomic E-state index is -0.373. The average Bonchev–Trinajstić information content (AvgIpc) is 2.94. The summed E-state index contributed by atoms with van der Waals surface area (Å²) in [4.78, 5) is 12.5. The molecule has 2 N–H and O–H groups in total. The van der Waals surface area contributed by atoms with Gasteiger partial charge in [-0.2, -0.15) is 5.10 Å². The first kappa shape index (κ1) is 16.7. The van der Waals surface area contributed by atoms with Crippen molar-refractivity contribution in [3.8, 4) is 22.8 Å². The first-order valence-electron chi connectivity index (χ1n) is 9.29. The van der Waals surface area contributed by atoms with Gasteiger partial charge in [-0.25, -0.2) is 0 Å². The summed E-state index contributed by atoms with van der Waals surface area (Å²) in [7, 11) is 1.87. The Morgan fingerprint density at radius 3 is 2.79 bits per heavy atom. The van der Waals surface area contributed by atoms with Gasteiger partial charge in [0.25, 0.3) is 5.91 Å². The van der Waals surface area contributed by atoms with Crippen molar-refractivity contribution in [2.45, 2.75) is 12.6 Å². The second-order valence-electron chi connectivity index (χ2n) is 6.92. The molecule has 0 spiro atoms. The standard InChI is InChI=1S/C21H20N4O3/c1-25-12-15(20-22-16-6-3-2-5-14(16)21(26)23-20)19(24-25)13-7-8-17-18(11-13)28-10-4-9-27-17/h2-3,5-8,11-12,20,22H,4,9-10H2,1H3,(H,23,26)/t20-/m1/s1. The van der Waals surface area contributed by atoms with E-state index in [9.17, 15) is 4.79 Å². The number of para-hydroxylation sites is 1. The number of fused-ring (bicyclic) bond motifs is 2. The molecule has 0 unspecified atom stereocenters. The quantitative estimate of drug-likeness (QED) is 0.719. The molecule has 7 nitrogen and oxygen atoms in total. The van der Waals surface area contributed by atoms with E-state index in [1.165, 1.54) is 0 Å². The van der Waals surface area contributed by atoms with E-state index in [0.717, 1.165) is 40.4 Å². The third-order valence-corrected chi connectivity index (χ3v) is 4.94. The largest absolute Gasteiger partial charge is 0.490 e. The summed E-state index contributed by atoms with van der Waals surface area (Å²) in [5.74, 6) is 1.36. The molecule has 2 aromatic carbocycles. The SMILES string of the molecule is Cn1cc([C@H]2NC(=O)c3ccccc3N2)c(-c2ccc3c(c2)OCCCO3)n1. The van der Waals surface area contributed by atoms with E-state index in [2.05, 4.69) is 15.7 Å². The van der Waals surface area contributed by atoms with E-state index < -0.39 is 0 Å². The number of aromatic nitrogens is 2. The van der Waals surface area contributed by atoms with Crippen molar-refractivity contribution in [1.82, 2.24) is 15.1 Å². The summed E-state index contributed by atoms with van der Waals surface area (Å²) in [6.45, 7) is 1.28. The van der Waals surface area contributed by atoms with Crippen molar-refractivity contribution in [2.75, 3.05) is 18.5 Å². The minimum Gasteiger partial charge on any atom is -0.490 e. The Morgan fingerprint density at radius 1 is 1.07 bits per heavy atom. The summed E-state index contributed by atoms with van der Waals surface area (Å²) in [6, 6.07) is 13.3. The van der Waals surface area contributed by atoms with Gasteiger partial charge in [-0.1, -0.05) is 12.1 Å². The van der Waals surface area contributed by atoms with Gasteiger partial charge in [0.1, 0.15) is 6.17 Å². The van der Waals surface area contributed by atoms with Gasteiger partial charge in [0.2, 0.25) is 0 Å². The number of nitrogens with one attached hydrogen (secondary N) is 2. The maximum Gasteiger partial charge on any atom is 0.255 e. The molecule has 1 atom stereocenters. The number of hydrogen-bond acceptors (Lipinski definition) is 5. The normalized spacial score (nSPS) is 17.9. The van der Waals surface area contributed by atoms with Crippen molar-refractivity contribution in [1.29, 1.82) is 0 Å². The maximum atomic E-state index is 12.5. The highest BCUT2D eigenvalue weighted by atomic mass is 16.5. The number of nitrogens with zero attached hydrogens (tertiary/aromatic N) is 2. The van der Waals surface area contributed by atoms with Crippen LogP contribution < -0.4 is 20.1 Å². The van der Waals surface area contributed by atoms with Crippen molar-refractivity contribution in [3.05, 3.63) is 59.8 Å². The van der Waals surface area contributed by atoms with Gasteiger partial charge in [-0.3, -0.25) is 9.48 Å². The molecule has 1 amide bonds. The predicted molar refractivity (Wildman–Crippen MR) is 105 cm³/mol. The molecular weight excluding hydrogens is 356 g/mol. The lowest BCUT2D eigenvalue weighted by molar-refractivity contribution is 0.0936. The third-order valence-electron chi connectivity index (χ3n) is 4.94. The van der Waals surface area contributed by atoms with Gasteiger partial charge in [-0.15, -0.1) is 0 Å². The van der Waals surface area contributed by atoms with Crippen LogP contribution in [0.25, 0.3) is 11.3 Å². The molecule has 0 aliphatic carbocycles. The molecule has 0 fully saturated rings. The number of rotatable bonds is 2. The smallest absolute Gasteiger partial charge is 0.255 e. The number of aryl methyl sites for hydroxylation is 1. The van der Waals surface area contributed by atoms with Gasteiger partial charge in [0.15, 0.2) is 11.5 Å². The van der Waals surface area contributed by atoms with Crippen LogP contribution in [0.5, 0.6) is 11.5 Å². The Labute approximate surface area is 162 Å². The number of carbonyl (C=O) groups excluding carboxylic acids is 1. The van der Waals surface area contributed by atoms with Crippen LogP contribution in [0, 0.1) is 0 Å². The Bertz CT molecular complexity index is 1060. The summed E-state index contributed by atoms with van der Waals surface area (Å²) in [6.07, 6.45) is 2.41. The highest BCUT2D eigenvalue weighted by Gasteiger charge is 2.28. The van der Waals surface area contributed by atoms with E-state index in [0.29, 0.717) is 18.8 Å². The molecule has 7 heteroatoms. The maximum absolute atomic E-state index is 12.5. The van der Waals surface area contributed by atoms with Gasteiger partial charge in [0.05, 0.1) is 24.5 Å². The zero-order chi connectivity index (χ0) is 19.1. The highest BCUT2D eigenvalue weighted by Crippen LogP contribution is 2.37. The van der Waals surface area contributed by atoms with E-state index in [4.69, 9.17) is 9.47 Å². The summed E-state index contributed by atoms with van der Waals surface area (Å²) in [5, 5.41) is 11.1. The fraction of sp³-hybridized carbons (Fsp3) is 0.238. The molecule has 1 aromatic heterocycles. The molecule has 5 rings (SSSR count). The van der Waals surface area contributed by atoms with E-state index in [1.807, 2.05) is 55.7 Å². The number of ether oxygens (including phenoxy) is 2. The zero-order valence-electron chi connectivity index (χ0n) is 15.4. The van der Waals surface area contributed by atoms with Gasteiger partial charge >= 0.3 is 0 Å². The van der Waals surface area contributed by atoms with Crippen LogP contribution >= 0.6 is 0 Å². The lowest BCUT2D eigenvalue weighted by Crippen LogP contribution is -2.38. The summed E-state index contributed by atoms with van der Waals surface area (Å²) < 4.78 is 13.3. The summed E-state index contributed by atoms with van der Waals surface area (Å²) >= 11 is 0. The van der Waals surface area contributed by atoms with Crippen molar-refractivity contribution in [2.24, 2.45) is 7.05 Å². The fourth-order valence-corrected chi connectivity index (χ4v) is 3.62. The number of hydrogen-bond donors (Lipinski definition) is 2. The summed E-state index contributed by atoms with van der Waals surface area (Å²) in [5.41, 5.74) is 4.04. The van der Waals surface area contributed by atoms with Crippen molar-refractivity contribution in [3.63, 3.8) is 0 Å². The molecule has 3 heterocycles. The molecule has 0 bridgehead atoms. The first-order chi connectivity index (χ1) is 13.7. The molecule has 3 aromatic rings. The Kier molecular flexibility index (Phi) is 3.93. The van der Waals surface area contributed by atoms with Gasteiger partial charge in [-0.05, 0) is 30.3 Å². The topological polar surface area (TPSA) is 77.4 Å². The van der Waals surface area contributed by atoms with E-state index >= 15 is 0 Å². The van der Waals surface area contributed by atoms with Crippen LogP contribution in [0.2, 0.25) is 0 Å². The molecule has 0 saturated heterocycles. The molecule has 0 saturated carbocycles.